The van der Waals surface area contributed by atoms with Crippen molar-refractivity contribution in [1.29, 1.82) is 0 Å². The second kappa shape index (κ2) is 4.76. The molecular formula is C15H19NO. The van der Waals surface area contributed by atoms with E-state index in [-0.39, 0.29) is 6.04 Å². The Balaban J connectivity index is 2.44. The van der Waals surface area contributed by atoms with Gasteiger partial charge in [0.2, 0.25) is 0 Å². The van der Waals surface area contributed by atoms with E-state index in [1.807, 2.05) is 12.1 Å². The molecule has 0 heterocycles. The summed E-state index contributed by atoms with van der Waals surface area (Å²) in [7, 11) is 1.68. The normalized spacial score (nSPS) is 13.0. The van der Waals surface area contributed by atoms with Gasteiger partial charge in [-0.1, -0.05) is 32.0 Å². The molecule has 2 N–H and O–H groups in total. The second-order valence-electron chi connectivity index (χ2n) is 4.74. The van der Waals surface area contributed by atoms with Crippen molar-refractivity contribution in [2.45, 2.75) is 19.9 Å². The third kappa shape index (κ3) is 2.42. The lowest BCUT2D eigenvalue weighted by molar-refractivity contribution is 0.415. The van der Waals surface area contributed by atoms with Crippen molar-refractivity contribution in [2.75, 3.05) is 7.11 Å². The van der Waals surface area contributed by atoms with Crippen LogP contribution in [0.1, 0.15) is 25.5 Å². The van der Waals surface area contributed by atoms with Crippen molar-refractivity contribution < 1.29 is 4.74 Å². The molecule has 0 saturated heterocycles. The van der Waals surface area contributed by atoms with Crippen molar-refractivity contribution >= 4 is 10.8 Å². The van der Waals surface area contributed by atoms with Crippen LogP contribution < -0.4 is 10.5 Å². The lowest BCUT2D eigenvalue weighted by Gasteiger charge is -2.16. The maximum Gasteiger partial charge on any atom is 0.119 e. The highest BCUT2D eigenvalue weighted by Gasteiger charge is 2.10. The molecule has 0 aliphatic rings. The molecule has 2 nitrogen and oxygen atoms in total. The fraction of sp³-hybridized carbons (Fsp3) is 0.333. The zero-order chi connectivity index (χ0) is 12.4. The molecule has 1 unspecified atom stereocenters. The van der Waals surface area contributed by atoms with Crippen molar-refractivity contribution in [3.05, 3.63) is 42.0 Å². The van der Waals surface area contributed by atoms with E-state index in [4.69, 9.17) is 10.5 Å². The van der Waals surface area contributed by atoms with Gasteiger partial charge < -0.3 is 10.5 Å². The number of rotatable bonds is 3. The lowest BCUT2D eigenvalue weighted by atomic mass is 9.95. The van der Waals surface area contributed by atoms with Crippen LogP contribution in [0.25, 0.3) is 10.8 Å². The summed E-state index contributed by atoms with van der Waals surface area (Å²) in [6, 6.07) is 12.6. The maximum atomic E-state index is 6.16. The van der Waals surface area contributed by atoms with E-state index in [9.17, 15) is 0 Å². The van der Waals surface area contributed by atoms with Gasteiger partial charge in [-0.2, -0.15) is 0 Å². The predicted molar refractivity (Wildman–Crippen MR) is 72.3 cm³/mol. The van der Waals surface area contributed by atoms with Gasteiger partial charge in [0.1, 0.15) is 5.75 Å². The first-order valence-electron chi connectivity index (χ1n) is 5.95. The second-order valence-corrected chi connectivity index (χ2v) is 4.74. The molecule has 0 radical (unpaired) electrons. The minimum absolute atomic E-state index is 0.0986. The summed E-state index contributed by atoms with van der Waals surface area (Å²) in [6.45, 7) is 4.28. The Morgan fingerprint density at radius 2 is 1.65 bits per heavy atom. The monoisotopic (exact) mass is 229 g/mol. The molecule has 90 valence electrons. The summed E-state index contributed by atoms with van der Waals surface area (Å²) in [5, 5.41) is 2.39. The van der Waals surface area contributed by atoms with Crippen LogP contribution in [0.3, 0.4) is 0 Å². The smallest absolute Gasteiger partial charge is 0.119 e. The van der Waals surface area contributed by atoms with Crippen LogP contribution >= 0.6 is 0 Å². The molecule has 1 atom stereocenters. The molecule has 0 spiro atoms. The first-order valence-corrected chi connectivity index (χ1v) is 5.95. The van der Waals surface area contributed by atoms with Gasteiger partial charge in [-0.05, 0) is 40.5 Å². The van der Waals surface area contributed by atoms with Crippen molar-refractivity contribution in [3.63, 3.8) is 0 Å². The SMILES string of the molecule is COc1ccc2cc(C(N)C(C)C)ccc2c1. The Morgan fingerprint density at radius 1 is 1.00 bits per heavy atom. The van der Waals surface area contributed by atoms with Crippen LogP contribution in [0, 0.1) is 5.92 Å². The number of fused-ring (bicyclic) bond motifs is 1. The third-order valence-corrected chi connectivity index (χ3v) is 3.17. The number of nitrogens with two attached hydrogens (primary N) is 1. The van der Waals surface area contributed by atoms with E-state index in [1.54, 1.807) is 7.11 Å². The predicted octanol–water partition coefficient (Wildman–Crippen LogP) is 3.50. The summed E-state index contributed by atoms with van der Waals surface area (Å²) in [6.07, 6.45) is 0. The van der Waals surface area contributed by atoms with E-state index in [2.05, 4.69) is 38.1 Å². The topological polar surface area (TPSA) is 35.2 Å². The van der Waals surface area contributed by atoms with Gasteiger partial charge in [-0.3, -0.25) is 0 Å². The Bertz CT molecular complexity index is 519. The summed E-state index contributed by atoms with van der Waals surface area (Å²) in [5.74, 6) is 1.34. The first-order chi connectivity index (χ1) is 8.11. The fourth-order valence-electron chi connectivity index (χ4n) is 1.96. The van der Waals surface area contributed by atoms with Gasteiger partial charge in [0.05, 0.1) is 7.11 Å². The molecule has 17 heavy (non-hydrogen) atoms. The Labute approximate surface area is 102 Å². The highest BCUT2D eigenvalue weighted by atomic mass is 16.5. The Hall–Kier alpha value is -1.54. The number of methoxy groups -OCH3 is 1. The lowest BCUT2D eigenvalue weighted by Crippen LogP contribution is -2.16. The maximum absolute atomic E-state index is 6.16. The summed E-state index contributed by atoms with van der Waals surface area (Å²) in [5.41, 5.74) is 7.35. The molecule has 0 aliphatic carbocycles. The van der Waals surface area contributed by atoms with E-state index in [0.717, 1.165) is 5.75 Å². The van der Waals surface area contributed by atoms with Gasteiger partial charge in [-0.15, -0.1) is 0 Å². The molecule has 0 bridgehead atoms. The zero-order valence-electron chi connectivity index (χ0n) is 10.6. The summed E-state index contributed by atoms with van der Waals surface area (Å²) < 4.78 is 5.21. The molecule has 0 saturated carbocycles. The van der Waals surface area contributed by atoms with Crippen LogP contribution in [0.15, 0.2) is 36.4 Å². The molecule has 0 aliphatic heterocycles. The highest BCUT2D eigenvalue weighted by Crippen LogP contribution is 2.26. The van der Waals surface area contributed by atoms with Crippen LogP contribution in [-0.4, -0.2) is 7.11 Å². The largest absolute Gasteiger partial charge is 0.497 e. The van der Waals surface area contributed by atoms with Gasteiger partial charge in [0, 0.05) is 6.04 Å². The van der Waals surface area contributed by atoms with Crippen molar-refractivity contribution in [2.24, 2.45) is 11.7 Å². The van der Waals surface area contributed by atoms with Crippen LogP contribution in [0.2, 0.25) is 0 Å². The average Bonchev–Trinajstić information content (AvgIpc) is 2.36. The van der Waals surface area contributed by atoms with E-state index in [0.29, 0.717) is 5.92 Å². The molecule has 2 rings (SSSR count). The van der Waals surface area contributed by atoms with E-state index >= 15 is 0 Å². The molecule has 0 aromatic heterocycles. The molecule has 2 heteroatoms. The quantitative estimate of drug-likeness (QED) is 0.874. The standard InChI is InChI=1S/C15H19NO/c1-10(2)15(16)13-5-4-12-9-14(17-3)7-6-11(12)8-13/h4-10,15H,16H2,1-3H3. The molecule has 0 fully saturated rings. The molecule has 0 amide bonds. The average molecular weight is 229 g/mol. The first kappa shape index (κ1) is 11.9. The Kier molecular flexibility index (Phi) is 3.34. The van der Waals surface area contributed by atoms with Crippen molar-refractivity contribution in [1.82, 2.24) is 0 Å². The fourth-order valence-corrected chi connectivity index (χ4v) is 1.96. The number of hydrogen-bond donors (Lipinski definition) is 1. The van der Waals surface area contributed by atoms with Crippen LogP contribution in [0.4, 0.5) is 0 Å². The minimum Gasteiger partial charge on any atom is -0.497 e. The minimum atomic E-state index is 0.0986. The zero-order valence-corrected chi connectivity index (χ0v) is 10.6. The Morgan fingerprint density at radius 3 is 2.29 bits per heavy atom. The van der Waals surface area contributed by atoms with Crippen LogP contribution in [-0.2, 0) is 0 Å². The van der Waals surface area contributed by atoms with Gasteiger partial charge in [-0.25, -0.2) is 0 Å². The van der Waals surface area contributed by atoms with E-state index < -0.39 is 0 Å². The van der Waals surface area contributed by atoms with Gasteiger partial charge >= 0.3 is 0 Å². The third-order valence-electron chi connectivity index (χ3n) is 3.17. The number of hydrogen-bond acceptors (Lipinski definition) is 2. The van der Waals surface area contributed by atoms with E-state index in [1.165, 1.54) is 16.3 Å². The van der Waals surface area contributed by atoms with Gasteiger partial charge in [0.15, 0.2) is 0 Å². The summed E-state index contributed by atoms with van der Waals surface area (Å²) in [4.78, 5) is 0. The van der Waals surface area contributed by atoms with Gasteiger partial charge in [0.25, 0.3) is 0 Å². The molecular weight excluding hydrogens is 210 g/mol. The number of benzene rings is 2. The van der Waals surface area contributed by atoms with Crippen molar-refractivity contribution in [3.8, 4) is 5.75 Å². The number of ether oxygens (including phenoxy) is 1. The van der Waals surface area contributed by atoms with Crippen LogP contribution in [0.5, 0.6) is 5.75 Å². The molecule has 2 aromatic carbocycles. The highest BCUT2D eigenvalue weighted by molar-refractivity contribution is 5.84. The molecule has 2 aromatic rings. The summed E-state index contributed by atoms with van der Waals surface area (Å²) >= 11 is 0.